The van der Waals surface area contributed by atoms with E-state index >= 15 is 0 Å². The van der Waals surface area contributed by atoms with Gasteiger partial charge in [0.2, 0.25) is 23.7 Å². The number of nitrogens with zero attached hydrogens (tertiary/aromatic N) is 3. The lowest BCUT2D eigenvalue weighted by molar-refractivity contribution is -0.182. The molecule has 2 aliphatic rings. The summed E-state index contributed by atoms with van der Waals surface area (Å²) in [5.74, 6) is -7.69. The van der Waals surface area contributed by atoms with E-state index in [1.165, 1.54) is 11.6 Å². The summed E-state index contributed by atoms with van der Waals surface area (Å²) in [5, 5.41) is 7.56. The number of anilines is 2. The van der Waals surface area contributed by atoms with Gasteiger partial charge in [0.1, 0.15) is 11.1 Å². The number of ether oxygens (including phenoxy) is 1. The van der Waals surface area contributed by atoms with Crippen molar-refractivity contribution in [3.05, 3.63) is 41.0 Å². The molecular weight excluding hydrogens is 682 g/mol. The first-order valence-corrected chi connectivity index (χ1v) is 15.1. The lowest BCUT2D eigenvalue weighted by atomic mass is 9.81. The molecule has 5 rings (SSSR count). The molecule has 2 saturated carbocycles. The van der Waals surface area contributed by atoms with Crippen LogP contribution in [0.15, 0.2) is 24.3 Å². The highest BCUT2D eigenvalue weighted by Crippen LogP contribution is 2.43. The van der Waals surface area contributed by atoms with Gasteiger partial charge >= 0.3 is 12.4 Å². The van der Waals surface area contributed by atoms with Crippen LogP contribution in [0.3, 0.4) is 0 Å². The van der Waals surface area contributed by atoms with Gasteiger partial charge in [-0.25, -0.2) is 22.5 Å². The van der Waals surface area contributed by atoms with Crippen LogP contribution < -0.4 is 20.7 Å². The van der Waals surface area contributed by atoms with Crippen LogP contribution in [0.1, 0.15) is 60.0 Å². The molecule has 2 heterocycles. The number of carbonyl (C=O) groups is 2. The Balaban J connectivity index is 1.39. The molecule has 0 aliphatic heterocycles. The standard InChI is InChI=1S/C30H30F10N6O3/c1-46-23-21(9-18(26(45-23)49-13-22(31)32)25(48)42-17-5-3-16(4-6-17)29(35,36)37)44-27(46)43-20-8-14(2-7-19(20)30(38,39)40)12-41-24(47)15-10-28(33,34)11-15/h2,7-9,15-17,22H,3-6,10-13H2,1H3,(H,41,47)(H,42,48)(H,43,44). The third-order valence-corrected chi connectivity index (χ3v) is 8.49. The van der Waals surface area contributed by atoms with Crippen molar-refractivity contribution in [2.75, 3.05) is 11.9 Å². The number of halogens is 10. The second-order valence-corrected chi connectivity index (χ2v) is 12.1. The minimum absolute atomic E-state index is 0.0112. The third-order valence-electron chi connectivity index (χ3n) is 8.49. The van der Waals surface area contributed by atoms with E-state index in [2.05, 4.69) is 25.9 Å². The SMILES string of the molecule is Cn1c(Nc2cc(CNC(=O)C3CC(F)(F)C3)ccc2C(F)(F)F)nc2cc(C(=O)NC3CCC(C(F)(F)F)CC3)c(OCC(F)F)nc21. The number of pyridine rings is 1. The highest BCUT2D eigenvalue weighted by atomic mass is 19.4. The van der Waals surface area contributed by atoms with Crippen LogP contribution in [0.4, 0.5) is 55.5 Å². The largest absolute Gasteiger partial charge is 0.471 e. The van der Waals surface area contributed by atoms with Gasteiger partial charge in [-0.15, -0.1) is 0 Å². The van der Waals surface area contributed by atoms with Gasteiger partial charge in [-0.2, -0.15) is 31.3 Å². The molecule has 2 amide bonds. The Kier molecular flexibility index (Phi) is 9.93. The van der Waals surface area contributed by atoms with E-state index in [9.17, 15) is 53.5 Å². The Morgan fingerprint density at radius 1 is 1.02 bits per heavy atom. The number of aryl methyl sites for hydroxylation is 1. The van der Waals surface area contributed by atoms with E-state index in [1.807, 2.05) is 0 Å². The molecule has 0 atom stereocenters. The summed E-state index contributed by atoms with van der Waals surface area (Å²) in [7, 11) is 1.34. The molecule has 0 radical (unpaired) electrons. The maximum atomic E-state index is 14.0. The Bertz CT molecular complexity index is 1690. The molecule has 1 aromatic carbocycles. The lowest BCUT2D eigenvalue weighted by Gasteiger charge is -2.33. The van der Waals surface area contributed by atoms with Gasteiger partial charge in [0.25, 0.3) is 12.3 Å². The summed E-state index contributed by atoms with van der Waals surface area (Å²) in [6.45, 7) is -1.43. The zero-order valence-electron chi connectivity index (χ0n) is 25.6. The number of fused-ring (bicyclic) bond motifs is 1. The van der Waals surface area contributed by atoms with Gasteiger partial charge in [0, 0.05) is 38.4 Å². The van der Waals surface area contributed by atoms with Crippen molar-refractivity contribution in [2.45, 2.75) is 75.8 Å². The van der Waals surface area contributed by atoms with Crippen molar-refractivity contribution in [3.63, 3.8) is 0 Å². The predicted octanol–water partition coefficient (Wildman–Crippen LogP) is 6.89. The zero-order chi connectivity index (χ0) is 35.9. The van der Waals surface area contributed by atoms with E-state index in [1.54, 1.807) is 0 Å². The van der Waals surface area contributed by atoms with E-state index in [0.29, 0.717) is 0 Å². The van der Waals surface area contributed by atoms with Crippen molar-refractivity contribution >= 4 is 34.6 Å². The molecule has 2 fully saturated rings. The summed E-state index contributed by atoms with van der Waals surface area (Å²) >= 11 is 0. The summed E-state index contributed by atoms with van der Waals surface area (Å²) in [6.07, 6.45) is -13.9. The molecule has 0 bridgehead atoms. The number of rotatable bonds is 10. The van der Waals surface area contributed by atoms with Crippen molar-refractivity contribution in [2.24, 2.45) is 18.9 Å². The van der Waals surface area contributed by atoms with Crippen LogP contribution in [0, 0.1) is 11.8 Å². The van der Waals surface area contributed by atoms with Crippen LogP contribution >= 0.6 is 0 Å². The molecule has 49 heavy (non-hydrogen) atoms. The van der Waals surface area contributed by atoms with Gasteiger partial charge in [-0.1, -0.05) is 6.07 Å². The molecule has 3 aromatic rings. The second-order valence-electron chi connectivity index (χ2n) is 12.1. The minimum atomic E-state index is -4.86. The average molecular weight is 713 g/mol. The first-order chi connectivity index (χ1) is 22.8. The summed E-state index contributed by atoms with van der Waals surface area (Å²) in [6, 6.07) is 3.40. The molecule has 2 aliphatic carbocycles. The molecule has 0 spiro atoms. The van der Waals surface area contributed by atoms with Gasteiger partial charge in [0.15, 0.2) is 12.3 Å². The number of hydrogen-bond acceptors (Lipinski definition) is 6. The van der Waals surface area contributed by atoms with Crippen molar-refractivity contribution < 1.29 is 58.2 Å². The minimum Gasteiger partial charge on any atom is -0.471 e. The van der Waals surface area contributed by atoms with Crippen LogP contribution in [0.5, 0.6) is 5.88 Å². The number of alkyl halides is 10. The molecular formula is C30H30F10N6O3. The number of benzene rings is 1. The summed E-state index contributed by atoms with van der Waals surface area (Å²) < 4.78 is 140. The van der Waals surface area contributed by atoms with Crippen LogP contribution in [-0.2, 0) is 24.6 Å². The fourth-order valence-electron chi connectivity index (χ4n) is 5.80. The average Bonchev–Trinajstić information content (AvgIpc) is 3.29. The van der Waals surface area contributed by atoms with Crippen LogP contribution in [-0.4, -0.2) is 57.5 Å². The monoisotopic (exact) mass is 712 g/mol. The molecule has 3 N–H and O–H groups in total. The number of amides is 2. The van der Waals surface area contributed by atoms with Gasteiger partial charge in [-0.3, -0.25) is 14.2 Å². The highest BCUT2D eigenvalue weighted by molar-refractivity contribution is 5.99. The maximum Gasteiger partial charge on any atom is 0.418 e. The fourth-order valence-corrected chi connectivity index (χ4v) is 5.80. The van der Waals surface area contributed by atoms with Gasteiger partial charge < -0.3 is 20.7 Å². The van der Waals surface area contributed by atoms with E-state index in [0.717, 1.165) is 24.3 Å². The second kappa shape index (κ2) is 13.5. The molecule has 2 aromatic heterocycles. The van der Waals surface area contributed by atoms with E-state index in [4.69, 9.17) is 4.74 Å². The molecule has 268 valence electrons. The van der Waals surface area contributed by atoms with Crippen molar-refractivity contribution in [1.82, 2.24) is 25.2 Å². The zero-order valence-corrected chi connectivity index (χ0v) is 25.6. The highest BCUT2D eigenvalue weighted by Gasteiger charge is 2.48. The maximum absolute atomic E-state index is 14.0. The first kappa shape index (κ1) is 36.0. The number of imidazole rings is 1. The van der Waals surface area contributed by atoms with Crippen molar-refractivity contribution in [3.8, 4) is 5.88 Å². The Morgan fingerprint density at radius 2 is 1.69 bits per heavy atom. The predicted molar refractivity (Wildman–Crippen MR) is 154 cm³/mol. The molecule has 0 saturated heterocycles. The first-order valence-electron chi connectivity index (χ1n) is 15.1. The molecule has 0 unspecified atom stereocenters. The Morgan fingerprint density at radius 3 is 2.29 bits per heavy atom. The smallest absolute Gasteiger partial charge is 0.418 e. The Hall–Kier alpha value is -4.32. The number of hydrogen-bond donors (Lipinski definition) is 3. The quantitative estimate of drug-likeness (QED) is 0.198. The molecule has 19 heteroatoms. The van der Waals surface area contributed by atoms with Crippen LogP contribution in [0.2, 0.25) is 0 Å². The normalized spacial score (nSPS) is 19.8. The van der Waals surface area contributed by atoms with E-state index < -0.39 is 91.0 Å². The van der Waals surface area contributed by atoms with E-state index in [-0.39, 0.29) is 60.5 Å². The fraction of sp³-hybridized carbons (Fsp3) is 0.533. The number of nitrogens with one attached hydrogen (secondary N) is 3. The topological polar surface area (TPSA) is 110 Å². The summed E-state index contributed by atoms with van der Waals surface area (Å²) in [4.78, 5) is 33.7. The molecule has 9 nitrogen and oxygen atoms in total. The number of carbonyl (C=O) groups excluding carboxylic acids is 2. The van der Waals surface area contributed by atoms with Gasteiger partial charge in [0.05, 0.1) is 17.2 Å². The summed E-state index contributed by atoms with van der Waals surface area (Å²) in [5.41, 5.74) is -1.94. The number of aromatic nitrogens is 3. The van der Waals surface area contributed by atoms with Crippen LogP contribution in [0.25, 0.3) is 11.2 Å². The van der Waals surface area contributed by atoms with Crippen molar-refractivity contribution in [1.29, 1.82) is 0 Å². The lowest BCUT2D eigenvalue weighted by Crippen LogP contribution is -2.44. The third kappa shape index (κ3) is 8.46. The van der Waals surface area contributed by atoms with Gasteiger partial charge in [-0.05, 0) is 49.4 Å². The Labute approximate surface area is 271 Å².